The van der Waals surface area contributed by atoms with E-state index in [9.17, 15) is 25.0 Å². The predicted octanol–water partition coefficient (Wildman–Crippen LogP) is 2.44. The van der Waals surface area contributed by atoms with Crippen molar-refractivity contribution in [2.75, 3.05) is 5.73 Å². The zero-order valence-electron chi connectivity index (χ0n) is 11.7. The van der Waals surface area contributed by atoms with Gasteiger partial charge in [0, 0.05) is 24.3 Å². The molecular formula is C14H11N3O6. The fourth-order valence-electron chi connectivity index (χ4n) is 1.79. The first-order chi connectivity index (χ1) is 10.9. The number of nitro groups is 2. The van der Waals surface area contributed by atoms with Gasteiger partial charge >= 0.3 is 5.97 Å². The Balaban J connectivity index is 2.04. The molecule has 0 aliphatic rings. The number of nitro benzene ring substituents is 2. The number of carbonyl (C=O) groups excluding carboxylic acids is 1. The molecule has 0 bridgehead atoms. The molecule has 118 valence electrons. The molecule has 0 amide bonds. The molecule has 0 aliphatic heterocycles. The third-order valence-corrected chi connectivity index (χ3v) is 2.98. The zero-order valence-corrected chi connectivity index (χ0v) is 11.7. The van der Waals surface area contributed by atoms with Crippen molar-refractivity contribution in [2.24, 2.45) is 0 Å². The molecule has 2 aromatic carbocycles. The van der Waals surface area contributed by atoms with Crippen molar-refractivity contribution in [2.45, 2.75) is 6.61 Å². The van der Waals surface area contributed by atoms with E-state index in [-0.39, 0.29) is 29.2 Å². The van der Waals surface area contributed by atoms with Gasteiger partial charge in [-0.15, -0.1) is 0 Å². The molecule has 0 radical (unpaired) electrons. The van der Waals surface area contributed by atoms with Crippen LogP contribution in [0.4, 0.5) is 17.1 Å². The van der Waals surface area contributed by atoms with Gasteiger partial charge in [0.05, 0.1) is 21.1 Å². The van der Waals surface area contributed by atoms with E-state index in [1.54, 1.807) is 0 Å². The molecule has 0 saturated heterocycles. The van der Waals surface area contributed by atoms with Gasteiger partial charge in [0.15, 0.2) is 0 Å². The lowest BCUT2D eigenvalue weighted by Crippen LogP contribution is -2.08. The molecule has 2 rings (SSSR count). The maximum atomic E-state index is 11.9. The highest BCUT2D eigenvalue weighted by Crippen LogP contribution is 2.21. The molecule has 0 heterocycles. The minimum atomic E-state index is -0.740. The molecule has 0 aliphatic carbocycles. The lowest BCUT2D eigenvalue weighted by atomic mass is 10.1. The highest BCUT2D eigenvalue weighted by Gasteiger charge is 2.15. The standard InChI is InChI=1S/C14H11N3O6/c15-13-7-11(17(21)22)5-6-12(13)14(18)23-8-9-1-3-10(4-2-9)16(19)20/h1-7H,8,15H2. The molecule has 0 atom stereocenters. The number of nitrogen functional groups attached to an aromatic ring is 1. The molecule has 0 aromatic heterocycles. The van der Waals surface area contributed by atoms with Gasteiger partial charge in [-0.3, -0.25) is 20.2 Å². The number of hydrogen-bond donors (Lipinski definition) is 1. The van der Waals surface area contributed by atoms with Gasteiger partial charge in [0.25, 0.3) is 11.4 Å². The van der Waals surface area contributed by atoms with Crippen LogP contribution in [0.3, 0.4) is 0 Å². The number of non-ortho nitro benzene ring substituents is 2. The fourth-order valence-corrected chi connectivity index (χ4v) is 1.79. The number of anilines is 1. The molecule has 2 N–H and O–H groups in total. The van der Waals surface area contributed by atoms with Crippen LogP contribution in [0.2, 0.25) is 0 Å². The number of rotatable bonds is 5. The maximum Gasteiger partial charge on any atom is 0.340 e. The molecule has 0 unspecified atom stereocenters. The first-order valence-electron chi connectivity index (χ1n) is 6.33. The number of nitrogens with zero attached hydrogens (tertiary/aromatic N) is 2. The number of nitrogens with two attached hydrogens (primary N) is 1. The topological polar surface area (TPSA) is 139 Å². The maximum absolute atomic E-state index is 11.9. The van der Waals surface area contributed by atoms with Crippen LogP contribution in [0.1, 0.15) is 15.9 Å². The normalized spacial score (nSPS) is 10.1. The summed E-state index contributed by atoms with van der Waals surface area (Å²) in [6.45, 7) is -0.104. The zero-order chi connectivity index (χ0) is 17.0. The van der Waals surface area contributed by atoms with Crippen molar-refractivity contribution in [1.29, 1.82) is 0 Å². The number of hydrogen-bond acceptors (Lipinski definition) is 7. The van der Waals surface area contributed by atoms with Crippen molar-refractivity contribution in [3.8, 4) is 0 Å². The van der Waals surface area contributed by atoms with E-state index in [1.165, 1.54) is 30.3 Å². The van der Waals surface area contributed by atoms with E-state index in [4.69, 9.17) is 10.5 Å². The highest BCUT2D eigenvalue weighted by atomic mass is 16.6. The fraction of sp³-hybridized carbons (Fsp3) is 0.0714. The number of ether oxygens (including phenoxy) is 1. The summed E-state index contributed by atoms with van der Waals surface area (Å²) in [5.74, 6) is -0.740. The summed E-state index contributed by atoms with van der Waals surface area (Å²) in [5, 5.41) is 21.1. The second-order valence-corrected chi connectivity index (χ2v) is 4.53. The van der Waals surface area contributed by atoms with Crippen LogP contribution in [0.25, 0.3) is 0 Å². The van der Waals surface area contributed by atoms with E-state index >= 15 is 0 Å². The van der Waals surface area contributed by atoms with Crippen LogP contribution >= 0.6 is 0 Å². The first-order valence-corrected chi connectivity index (χ1v) is 6.33. The van der Waals surface area contributed by atoms with E-state index < -0.39 is 15.8 Å². The van der Waals surface area contributed by atoms with Gasteiger partial charge in [0.2, 0.25) is 0 Å². The highest BCUT2D eigenvalue weighted by molar-refractivity contribution is 5.95. The van der Waals surface area contributed by atoms with Crippen LogP contribution < -0.4 is 5.73 Å². The largest absolute Gasteiger partial charge is 0.457 e. The van der Waals surface area contributed by atoms with E-state index in [0.29, 0.717) is 5.56 Å². The molecule has 0 saturated carbocycles. The Kier molecular flexibility index (Phi) is 4.50. The van der Waals surface area contributed by atoms with Crippen molar-refractivity contribution in [1.82, 2.24) is 0 Å². The Labute approximate surface area is 129 Å². The van der Waals surface area contributed by atoms with Gasteiger partial charge < -0.3 is 10.5 Å². The van der Waals surface area contributed by atoms with Gasteiger partial charge in [-0.2, -0.15) is 0 Å². The molecule has 0 spiro atoms. The van der Waals surface area contributed by atoms with Crippen LogP contribution in [-0.2, 0) is 11.3 Å². The third-order valence-electron chi connectivity index (χ3n) is 2.98. The molecule has 0 fully saturated rings. The van der Waals surface area contributed by atoms with Gasteiger partial charge in [-0.25, -0.2) is 4.79 Å². The Hall–Kier alpha value is -3.49. The second kappa shape index (κ2) is 6.52. The molecule has 9 heteroatoms. The van der Waals surface area contributed by atoms with Crippen molar-refractivity contribution < 1.29 is 19.4 Å². The molecule has 2 aromatic rings. The lowest BCUT2D eigenvalue weighted by Gasteiger charge is -2.07. The van der Waals surface area contributed by atoms with Gasteiger partial charge in [0.1, 0.15) is 6.61 Å². The Morgan fingerprint density at radius 1 is 1.00 bits per heavy atom. The van der Waals surface area contributed by atoms with Crippen molar-refractivity contribution >= 4 is 23.0 Å². The minimum absolute atomic E-state index is 0.0116. The van der Waals surface area contributed by atoms with E-state index in [2.05, 4.69) is 0 Å². The number of esters is 1. The molecular weight excluding hydrogens is 306 g/mol. The van der Waals surface area contributed by atoms with Gasteiger partial charge in [-0.1, -0.05) is 0 Å². The van der Waals surface area contributed by atoms with Crippen LogP contribution in [0.5, 0.6) is 0 Å². The monoisotopic (exact) mass is 317 g/mol. The van der Waals surface area contributed by atoms with Crippen molar-refractivity contribution in [3.63, 3.8) is 0 Å². The van der Waals surface area contributed by atoms with Gasteiger partial charge in [-0.05, 0) is 23.8 Å². The van der Waals surface area contributed by atoms with Crippen LogP contribution in [-0.4, -0.2) is 15.8 Å². The number of benzene rings is 2. The SMILES string of the molecule is Nc1cc([N+](=O)[O-])ccc1C(=O)OCc1ccc([N+](=O)[O-])cc1. The Morgan fingerprint density at radius 2 is 1.57 bits per heavy atom. The first kappa shape index (κ1) is 15.9. The Bertz CT molecular complexity index is 773. The summed E-state index contributed by atoms with van der Waals surface area (Å²) in [6.07, 6.45) is 0. The van der Waals surface area contributed by atoms with E-state index in [0.717, 1.165) is 12.1 Å². The lowest BCUT2D eigenvalue weighted by molar-refractivity contribution is -0.385. The quantitative estimate of drug-likeness (QED) is 0.386. The van der Waals surface area contributed by atoms with Crippen LogP contribution in [0, 0.1) is 20.2 Å². The third kappa shape index (κ3) is 3.79. The molecule has 23 heavy (non-hydrogen) atoms. The summed E-state index contributed by atoms with van der Waals surface area (Å²) in [6, 6.07) is 8.95. The summed E-state index contributed by atoms with van der Waals surface area (Å²) >= 11 is 0. The summed E-state index contributed by atoms with van der Waals surface area (Å²) < 4.78 is 5.04. The number of carbonyl (C=O) groups is 1. The summed E-state index contributed by atoms with van der Waals surface area (Å²) in [7, 11) is 0. The molecule has 9 nitrogen and oxygen atoms in total. The smallest absolute Gasteiger partial charge is 0.340 e. The summed E-state index contributed by atoms with van der Waals surface area (Å²) in [4.78, 5) is 31.9. The minimum Gasteiger partial charge on any atom is -0.457 e. The van der Waals surface area contributed by atoms with E-state index in [1.807, 2.05) is 0 Å². The van der Waals surface area contributed by atoms with Crippen LogP contribution in [0.15, 0.2) is 42.5 Å². The summed E-state index contributed by atoms with van der Waals surface area (Å²) in [5.41, 5.74) is 5.81. The van der Waals surface area contributed by atoms with Crippen molar-refractivity contribution in [3.05, 3.63) is 73.8 Å². The second-order valence-electron chi connectivity index (χ2n) is 4.53. The average Bonchev–Trinajstić information content (AvgIpc) is 2.52. The predicted molar refractivity (Wildman–Crippen MR) is 79.7 cm³/mol. The Morgan fingerprint density at radius 3 is 2.09 bits per heavy atom. The average molecular weight is 317 g/mol.